The SMILES string of the molecule is CCOC(=O)c1nc(C)c2cc(C)ccc2c1O.CCOC(=O)c1nc(C)c2cc(C)ccc2c1O.CCOC(=O)c1ncc2cc(C)ccc2c1O.IC(I)I.ICI.[CH2-]I.[V]. The van der Waals surface area contributed by atoms with Crippen LogP contribution in [0.3, 0.4) is 0 Å². The molecule has 12 nitrogen and oxygen atoms in total. The van der Waals surface area contributed by atoms with Crippen molar-refractivity contribution >= 4 is 186 Å². The van der Waals surface area contributed by atoms with Crippen LogP contribution in [-0.2, 0) is 32.8 Å². The van der Waals surface area contributed by atoms with E-state index >= 15 is 0 Å². The summed E-state index contributed by atoms with van der Waals surface area (Å²) < 4.78 is 16.5. The van der Waals surface area contributed by atoms with E-state index in [0.29, 0.717) is 27.5 Å². The molecule has 3 heterocycles. The average molecular weight is 1580 g/mol. The molecule has 6 rings (SSSR count). The fraction of sp³-hybridized carbons (Fsp3) is 0.295. The molecule has 19 heteroatoms. The largest absolute Gasteiger partial charge is 0.505 e. The van der Waals surface area contributed by atoms with Gasteiger partial charge in [0.1, 0.15) is -0.0619 Å². The van der Waals surface area contributed by atoms with Gasteiger partial charge in [0.25, 0.3) is 0 Å². The van der Waals surface area contributed by atoms with Crippen molar-refractivity contribution in [3.05, 3.63) is 111 Å². The number of alkyl halides is 5. The van der Waals surface area contributed by atoms with Gasteiger partial charge in [0.2, 0.25) is 0 Å². The monoisotopic (exact) mass is 1570 g/mol. The molecule has 0 saturated carbocycles. The van der Waals surface area contributed by atoms with Gasteiger partial charge in [-0.3, -0.25) is 4.93 Å². The smallest absolute Gasteiger partial charge is 0.360 e. The fourth-order valence-electron chi connectivity index (χ4n) is 5.50. The number of carbonyl (C=O) groups is 3. The van der Waals surface area contributed by atoms with E-state index in [4.69, 9.17) is 14.2 Å². The number of aryl methyl sites for hydroxylation is 5. The van der Waals surface area contributed by atoms with Crippen molar-refractivity contribution in [2.75, 3.05) is 22.3 Å². The number of hydrogen-bond acceptors (Lipinski definition) is 12. The molecular formula is C44H48I6N3O9V-. The summed E-state index contributed by atoms with van der Waals surface area (Å²) in [5.41, 5.74) is 4.55. The average Bonchev–Trinajstić information content (AvgIpc) is 3.22. The van der Waals surface area contributed by atoms with Gasteiger partial charge in [0.15, 0.2) is 34.3 Å². The molecule has 341 valence electrons. The molecule has 0 aliphatic carbocycles. The van der Waals surface area contributed by atoms with Gasteiger partial charge < -0.3 is 52.1 Å². The normalized spacial score (nSPS) is 9.84. The number of pyridine rings is 3. The third-order valence-corrected chi connectivity index (χ3v) is 8.07. The van der Waals surface area contributed by atoms with Crippen molar-refractivity contribution in [3.8, 4) is 17.2 Å². The maximum absolute atomic E-state index is 11.7. The Kier molecular flexibility index (Phi) is 31.7. The Hall–Kier alpha value is -1.34. The Balaban J connectivity index is 0.000000829. The van der Waals surface area contributed by atoms with E-state index in [1.165, 1.54) is 2.43 Å². The summed E-state index contributed by atoms with van der Waals surface area (Å²) in [6, 6.07) is 16.8. The quantitative estimate of drug-likeness (QED) is 0.0473. The minimum absolute atomic E-state index is 0. The number of esters is 3. The van der Waals surface area contributed by atoms with Crippen LogP contribution < -0.4 is 0 Å². The van der Waals surface area contributed by atoms with Gasteiger partial charge in [-0.15, -0.1) is 0 Å². The second-order valence-corrected chi connectivity index (χ2v) is 27.8. The van der Waals surface area contributed by atoms with Crippen LogP contribution in [0.4, 0.5) is 0 Å². The van der Waals surface area contributed by atoms with E-state index in [-0.39, 0.29) is 72.7 Å². The number of rotatable bonds is 6. The van der Waals surface area contributed by atoms with Crippen LogP contribution >= 0.6 is 136 Å². The first kappa shape index (κ1) is 61.7. The van der Waals surface area contributed by atoms with Gasteiger partial charge >= 0.3 is 17.9 Å². The predicted molar refractivity (Wildman–Crippen MR) is 300 cm³/mol. The Labute approximate surface area is 462 Å². The maximum atomic E-state index is 11.7. The molecule has 0 saturated heterocycles. The Morgan fingerprint density at radius 3 is 1.22 bits per heavy atom. The number of nitrogens with zero attached hydrogens (tertiary/aromatic N) is 3. The first-order valence-corrected chi connectivity index (χ1v) is 26.8. The topological polar surface area (TPSA) is 178 Å². The third kappa shape index (κ3) is 19.4. The number of aromatic nitrogens is 3. The van der Waals surface area contributed by atoms with E-state index < -0.39 is 17.9 Å². The molecule has 0 fully saturated rings. The third-order valence-electron chi connectivity index (χ3n) is 8.07. The second kappa shape index (κ2) is 32.4. The van der Waals surface area contributed by atoms with Crippen molar-refractivity contribution in [1.82, 2.24) is 15.0 Å². The van der Waals surface area contributed by atoms with E-state index in [0.717, 1.165) is 32.8 Å². The van der Waals surface area contributed by atoms with E-state index in [2.05, 4.69) is 133 Å². The summed E-state index contributed by atoms with van der Waals surface area (Å²) in [7, 11) is 0. The number of halogens is 6. The molecule has 0 spiro atoms. The number of aromatic hydroxyl groups is 3. The molecule has 0 atom stereocenters. The molecule has 3 aromatic heterocycles. The molecule has 3 N–H and O–H groups in total. The molecule has 0 aliphatic rings. The number of benzene rings is 3. The predicted octanol–water partition coefficient (Wildman–Crippen LogP) is 13.5. The van der Waals surface area contributed by atoms with Crippen LogP contribution in [0.5, 0.6) is 17.2 Å². The fourth-order valence-corrected chi connectivity index (χ4v) is 5.50. The molecule has 6 aromatic rings. The summed E-state index contributed by atoms with van der Waals surface area (Å²) in [4.78, 5) is 50.3. The minimum Gasteiger partial charge on any atom is -0.505 e. The van der Waals surface area contributed by atoms with Crippen molar-refractivity contribution in [1.29, 1.82) is 0 Å². The van der Waals surface area contributed by atoms with Crippen LogP contribution in [0.15, 0.2) is 60.8 Å². The molecule has 0 amide bonds. The van der Waals surface area contributed by atoms with Gasteiger partial charge in [-0.2, -0.15) is 0 Å². The number of ether oxygens (including phenoxy) is 3. The summed E-state index contributed by atoms with van der Waals surface area (Å²) in [5.74, 6) is -2.15. The zero-order valence-corrected chi connectivity index (χ0v) is 50.1. The molecule has 1 radical (unpaired) electrons. The van der Waals surface area contributed by atoms with Crippen LogP contribution in [0.1, 0.15) is 80.3 Å². The first-order chi connectivity index (χ1) is 29.4. The van der Waals surface area contributed by atoms with Gasteiger partial charge in [0.05, 0.1) is 22.3 Å². The summed E-state index contributed by atoms with van der Waals surface area (Å²) >= 11 is 13.4. The number of carbonyl (C=O) groups excluding carboxylic acids is 3. The van der Waals surface area contributed by atoms with Crippen LogP contribution in [0.25, 0.3) is 32.3 Å². The van der Waals surface area contributed by atoms with Crippen molar-refractivity contribution in [3.63, 3.8) is 0 Å². The Bertz CT molecular complexity index is 2330. The van der Waals surface area contributed by atoms with E-state index in [9.17, 15) is 29.7 Å². The van der Waals surface area contributed by atoms with Gasteiger partial charge in [-0.05, 0) is 73.6 Å². The molecular weight excluding hydrogens is 1530 g/mol. The minimum atomic E-state index is -0.604. The Morgan fingerprint density at radius 1 is 0.571 bits per heavy atom. The Morgan fingerprint density at radius 2 is 0.873 bits per heavy atom. The summed E-state index contributed by atoms with van der Waals surface area (Å²) in [5, 5.41) is 34.5. The van der Waals surface area contributed by atoms with Gasteiger partial charge in [-0.1, -0.05) is 166 Å². The van der Waals surface area contributed by atoms with Gasteiger partial charge in [0, 0.05) is 68.5 Å². The molecule has 0 unspecified atom stereocenters. The number of fused-ring (bicyclic) bond motifs is 3. The molecule has 0 aliphatic heterocycles. The van der Waals surface area contributed by atoms with E-state index in [1.807, 2.05) is 93.6 Å². The zero-order valence-electron chi connectivity index (χ0n) is 35.7. The van der Waals surface area contributed by atoms with Crippen LogP contribution in [0, 0.1) is 39.5 Å². The van der Waals surface area contributed by atoms with Crippen molar-refractivity contribution < 1.29 is 62.5 Å². The standard InChI is InChI=1S/2C14H15NO3.C13H13NO3.CHI3.CH2I2.CH2I.V/c2*1-4-18-14(17)12-13(16)10-6-5-8(2)7-11(10)9(3)15-12;1-3-17-13(16)11-12(15)10-5-4-8(2)6-9(10)7-14-11;2-1(3)4;2-1-3;1-2;/h2*5-7,16H,4H2,1-3H3;4-7,15H,3H2,1-2H3;1H;1H2;1H2;/q;;;;;-1;. The molecule has 63 heavy (non-hydrogen) atoms. The van der Waals surface area contributed by atoms with Crippen molar-refractivity contribution in [2.45, 2.75) is 55.3 Å². The summed E-state index contributed by atoms with van der Waals surface area (Å²) in [6.45, 7) is 15.4. The maximum Gasteiger partial charge on any atom is 0.360 e. The number of hydrogen-bond donors (Lipinski definition) is 3. The molecule has 3 aromatic carbocycles. The summed E-state index contributed by atoms with van der Waals surface area (Å²) in [6.07, 6.45) is 1.56. The second-order valence-electron chi connectivity index (χ2n) is 12.4. The van der Waals surface area contributed by atoms with Crippen LogP contribution in [-0.4, -0.2) is 70.4 Å². The first-order valence-electron chi connectivity index (χ1n) is 18.5. The van der Waals surface area contributed by atoms with Crippen LogP contribution in [0.2, 0.25) is 0 Å². The van der Waals surface area contributed by atoms with Gasteiger partial charge in [-0.25, -0.2) is 29.3 Å². The van der Waals surface area contributed by atoms with Crippen molar-refractivity contribution in [2.24, 2.45) is 0 Å². The molecule has 0 bridgehead atoms. The zero-order chi connectivity index (χ0) is 47.3. The van der Waals surface area contributed by atoms with E-state index in [1.54, 1.807) is 45.2 Å².